The van der Waals surface area contributed by atoms with Gasteiger partial charge in [0, 0.05) is 37.3 Å². The van der Waals surface area contributed by atoms with Gasteiger partial charge >= 0.3 is 6.18 Å². The van der Waals surface area contributed by atoms with Crippen molar-refractivity contribution in [1.82, 2.24) is 9.88 Å². The smallest absolute Gasteiger partial charge is 0.418 e. The fourth-order valence-corrected chi connectivity index (χ4v) is 4.24. The third-order valence-corrected chi connectivity index (χ3v) is 6.16. The van der Waals surface area contributed by atoms with E-state index in [1.54, 1.807) is 42.5 Å². The Bertz CT molecular complexity index is 1360. The van der Waals surface area contributed by atoms with Crippen LogP contribution >= 0.6 is 0 Å². The number of alkyl halides is 3. The van der Waals surface area contributed by atoms with Gasteiger partial charge in [0.05, 0.1) is 28.6 Å². The molecule has 2 aromatic heterocycles. The molecule has 2 aromatic carbocycles. The number of anilines is 2. The maximum atomic E-state index is 14.0. The topological polar surface area (TPSA) is 61.6 Å². The van der Waals surface area contributed by atoms with Crippen LogP contribution in [0.3, 0.4) is 0 Å². The number of furan rings is 1. The lowest BCUT2D eigenvalue weighted by Crippen LogP contribution is -2.44. The second-order valence-corrected chi connectivity index (χ2v) is 8.52. The van der Waals surface area contributed by atoms with Gasteiger partial charge in [-0.1, -0.05) is 18.2 Å². The van der Waals surface area contributed by atoms with E-state index in [-0.39, 0.29) is 11.3 Å². The SMILES string of the molecule is CN1CCN(c2ccc(NC(=O)c3cc(-c4ccco4)nc4ccccc34)c(C(F)(F)F)c2)CC1. The molecule has 6 nitrogen and oxygen atoms in total. The standard InChI is InChI=1S/C26H23F3N4O2/c1-32-10-12-33(13-11-32)17-8-9-22(20(15-17)26(27,28)29)31-25(34)19-16-23(24-7-4-14-35-24)30-21-6-3-2-5-18(19)21/h2-9,14-16H,10-13H2,1H3,(H,31,34). The number of benzene rings is 2. The van der Waals surface area contributed by atoms with Crippen LogP contribution in [-0.4, -0.2) is 49.0 Å². The fourth-order valence-electron chi connectivity index (χ4n) is 4.24. The predicted molar refractivity (Wildman–Crippen MR) is 129 cm³/mol. The molecule has 0 aliphatic carbocycles. The molecule has 0 saturated carbocycles. The summed E-state index contributed by atoms with van der Waals surface area (Å²) in [6.07, 6.45) is -3.14. The Labute approximate surface area is 200 Å². The average Bonchev–Trinajstić information content (AvgIpc) is 3.38. The maximum Gasteiger partial charge on any atom is 0.418 e. The molecular formula is C26H23F3N4O2. The van der Waals surface area contributed by atoms with Crippen molar-refractivity contribution in [1.29, 1.82) is 0 Å². The highest BCUT2D eigenvalue weighted by Gasteiger charge is 2.35. The number of para-hydroxylation sites is 1. The molecule has 1 aliphatic heterocycles. The molecule has 0 unspecified atom stereocenters. The van der Waals surface area contributed by atoms with Crippen molar-refractivity contribution < 1.29 is 22.4 Å². The normalized spacial score (nSPS) is 14.9. The summed E-state index contributed by atoms with van der Waals surface area (Å²) in [5.41, 5.74) is 0.470. The minimum atomic E-state index is -4.63. The summed E-state index contributed by atoms with van der Waals surface area (Å²) in [6, 6.07) is 16.0. The number of carbonyl (C=O) groups is 1. The van der Waals surface area contributed by atoms with Gasteiger partial charge in [-0.25, -0.2) is 4.98 Å². The lowest BCUT2D eigenvalue weighted by atomic mass is 10.0. The van der Waals surface area contributed by atoms with Crippen LogP contribution in [0.2, 0.25) is 0 Å². The Morgan fingerprint density at radius 2 is 1.77 bits per heavy atom. The highest BCUT2D eigenvalue weighted by molar-refractivity contribution is 6.13. The van der Waals surface area contributed by atoms with Crippen molar-refractivity contribution >= 4 is 28.2 Å². The van der Waals surface area contributed by atoms with E-state index in [1.807, 2.05) is 11.9 Å². The number of amides is 1. The fraction of sp³-hybridized carbons (Fsp3) is 0.231. The second-order valence-electron chi connectivity index (χ2n) is 8.52. The molecule has 0 radical (unpaired) electrons. The summed E-state index contributed by atoms with van der Waals surface area (Å²) in [4.78, 5) is 21.9. The number of halogens is 3. The summed E-state index contributed by atoms with van der Waals surface area (Å²) in [5, 5.41) is 3.02. The van der Waals surface area contributed by atoms with Crippen LogP contribution in [-0.2, 0) is 6.18 Å². The summed E-state index contributed by atoms with van der Waals surface area (Å²) in [6.45, 7) is 2.82. The van der Waals surface area contributed by atoms with Crippen LogP contribution < -0.4 is 10.2 Å². The highest BCUT2D eigenvalue weighted by Crippen LogP contribution is 2.38. The number of pyridine rings is 1. The van der Waals surface area contributed by atoms with Crippen molar-refractivity contribution in [2.24, 2.45) is 0 Å². The second kappa shape index (κ2) is 9.07. The zero-order valence-electron chi connectivity index (χ0n) is 19.0. The first-order chi connectivity index (χ1) is 16.8. The van der Waals surface area contributed by atoms with Gasteiger partial charge in [-0.2, -0.15) is 13.2 Å². The number of fused-ring (bicyclic) bond motifs is 1. The quantitative estimate of drug-likeness (QED) is 0.417. The van der Waals surface area contributed by atoms with Crippen molar-refractivity contribution in [2.75, 3.05) is 43.4 Å². The number of aromatic nitrogens is 1. The third-order valence-electron chi connectivity index (χ3n) is 6.16. The van der Waals surface area contributed by atoms with E-state index >= 15 is 0 Å². The van der Waals surface area contributed by atoms with E-state index in [4.69, 9.17) is 4.42 Å². The van der Waals surface area contributed by atoms with Gasteiger partial charge in [-0.05, 0) is 49.5 Å². The van der Waals surface area contributed by atoms with Gasteiger partial charge in [0.25, 0.3) is 5.91 Å². The molecule has 4 aromatic rings. The first-order valence-electron chi connectivity index (χ1n) is 11.2. The van der Waals surface area contributed by atoms with Crippen molar-refractivity contribution in [3.05, 3.63) is 78.1 Å². The molecule has 0 bridgehead atoms. The molecule has 1 saturated heterocycles. The van der Waals surface area contributed by atoms with Crippen molar-refractivity contribution in [3.63, 3.8) is 0 Å². The van der Waals surface area contributed by atoms with Crippen LogP contribution in [0.5, 0.6) is 0 Å². The molecule has 35 heavy (non-hydrogen) atoms. The van der Waals surface area contributed by atoms with Gasteiger partial charge < -0.3 is 19.5 Å². The Kier molecular flexibility index (Phi) is 5.94. The number of piperazine rings is 1. The molecule has 1 fully saturated rings. The molecule has 0 spiro atoms. The van der Waals surface area contributed by atoms with Crippen LogP contribution in [0.1, 0.15) is 15.9 Å². The van der Waals surface area contributed by atoms with E-state index in [0.29, 0.717) is 41.1 Å². The number of nitrogens with one attached hydrogen (secondary N) is 1. The van der Waals surface area contributed by atoms with Crippen LogP contribution in [0.25, 0.3) is 22.4 Å². The van der Waals surface area contributed by atoms with E-state index in [9.17, 15) is 18.0 Å². The zero-order chi connectivity index (χ0) is 24.6. The highest BCUT2D eigenvalue weighted by atomic mass is 19.4. The van der Waals surface area contributed by atoms with E-state index in [2.05, 4.69) is 15.2 Å². The summed E-state index contributed by atoms with van der Waals surface area (Å²) in [5.74, 6) is -0.202. The Balaban J connectivity index is 1.51. The Hall–Kier alpha value is -3.85. The maximum absolute atomic E-state index is 14.0. The molecule has 1 aliphatic rings. The number of likely N-dealkylation sites (N-methyl/N-ethyl adjacent to an activating group) is 1. The monoisotopic (exact) mass is 480 g/mol. The minimum absolute atomic E-state index is 0.207. The molecule has 1 N–H and O–H groups in total. The Morgan fingerprint density at radius 3 is 2.49 bits per heavy atom. The number of rotatable bonds is 4. The number of carbonyl (C=O) groups excluding carboxylic acids is 1. The lowest BCUT2D eigenvalue weighted by Gasteiger charge is -2.34. The first kappa shape index (κ1) is 22.9. The van der Waals surface area contributed by atoms with Gasteiger partial charge in [0.1, 0.15) is 5.69 Å². The first-order valence-corrected chi connectivity index (χ1v) is 11.2. The van der Waals surface area contributed by atoms with Crippen molar-refractivity contribution in [3.8, 4) is 11.5 Å². The molecular weight excluding hydrogens is 457 g/mol. The zero-order valence-corrected chi connectivity index (χ0v) is 19.0. The molecule has 0 atom stereocenters. The summed E-state index contributed by atoms with van der Waals surface area (Å²) in [7, 11) is 1.98. The Morgan fingerprint density at radius 1 is 1.00 bits per heavy atom. The number of hydrogen-bond acceptors (Lipinski definition) is 5. The van der Waals surface area contributed by atoms with Crippen molar-refractivity contribution in [2.45, 2.75) is 6.18 Å². The van der Waals surface area contributed by atoms with Gasteiger partial charge in [0.2, 0.25) is 0 Å². The minimum Gasteiger partial charge on any atom is -0.463 e. The average molecular weight is 480 g/mol. The third kappa shape index (κ3) is 4.72. The molecule has 1 amide bonds. The lowest BCUT2D eigenvalue weighted by molar-refractivity contribution is -0.136. The van der Waals surface area contributed by atoms with Gasteiger partial charge in [-0.3, -0.25) is 4.79 Å². The van der Waals surface area contributed by atoms with E-state index < -0.39 is 17.6 Å². The number of hydrogen-bond donors (Lipinski definition) is 1. The van der Waals surface area contributed by atoms with Crippen LogP contribution in [0, 0.1) is 0 Å². The molecule has 180 valence electrons. The number of nitrogens with zero attached hydrogens (tertiary/aromatic N) is 3. The van der Waals surface area contributed by atoms with E-state index in [1.165, 1.54) is 18.4 Å². The van der Waals surface area contributed by atoms with Gasteiger partial charge in [-0.15, -0.1) is 0 Å². The summed E-state index contributed by atoms with van der Waals surface area (Å²) >= 11 is 0. The van der Waals surface area contributed by atoms with Gasteiger partial charge in [0.15, 0.2) is 5.76 Å². The van der Waals surface area contributed by atoms with Crippen LogP contribution in [0.4, 0.5) is 24.5 Å². The summed E-state index contributed by atoms with van der Waals surface area (Å²) < 4.78 is 47.5. The predicted octanol–water partition coefficient (Wildman–Crippen LogP) is 5.52. The molecule has 5 rings (SSSR count). The van der Waals surface area contributed by atoms with E-state index in [0.717, 1.165) is 19.2 Å². The van der Waals surface area contributed by atoms with Crippen LogP contribution in [0.15, 0.2) is 71.3 Å². The largest absolute Gasteiger partial charge is 0.463 e. The molecule has 3 heterocycles. The molecule has 9 heteroatoms.